The molecule has 0 bridgehead atoms. The van der Waals surface area contributed by atoms with Crippen molar-refractivity contribution in [3.8, 4) is 0 Å². The van der Waals surface area contributed by atoms with E-state index in [1.165, 1.54) is 29.4 Å². The first kappa shape index (κ1) is 27.5. The van der Waals surface area contributed by atoms with E-state index in [0.717, 1.165) is 6.21 Å². The average molecular weight is 495 g/mol. The van der Waals surface area contributed by atoms with Crippen molar-refractivity contribution in [2.24, 2.45) is 5.41 Å². The van der Waals surface area contributed by atoms with Gasteiger partial charge in [0.1, 0.15) is 11.5 Å². The molecule has 0 saturated carbocycles. The van der Waals surface area contributed by atoms with E-state index in [9.17, 15) is 22.8 Å². The van der Waals surface area contributed by atoms with Crippen LogP contribution in [0.1, 0.15) is 30.8 Å². The molecule has 1 saturated heterocycles. The van der Waals surface area contributed by atoms with Crippen molar-refractivity contribution in [3.63, 3.8) is 0 Å². The van der Waals surface area contributed by atoms with Crippen molar-refractivity contribution >= 4 is 29.7 Å². The number of amidine groups is 1. The van der Waals surface area contributed by atoms with E-state index in [1.807, 2.05) is 0 Å². The average Bonchev–Trinajstić information content (AvgIpc) is 3.07. The second-order valence-electron chi connectivity index (χ2n) is 8.37. The SMILES string of the molecule is CN/C=C(/NC(=O)c1cccc(N/C=C(\C=N)CNCC(F)(F)F)n1)C(=N)N1CCC(C)(C)C1=O. The normalized spacial score (nSPS) is 16.2. The molecule has 0 spiro atoms. The first-order chi connectivity index (χ1) is 16.4. The van der Waals surface area contributed by atoms with Gasteiger partial charge in [-0.15, -0.1) is 0 Å². The van der Waals surface area contributed by atoms with Crippen molar-refractivity contribution in [3.05, 3.63) is 47.6 Å². The van der Waals surface area contributed by atoms with Crippen molar-refractivity contribution in [1.29, 1.82) is 10.8 Å². The molecule has 6 N–H and O–H groups in total. The molecule has 1 fully saturated rings. The summed E-state index contributed by atoms with van der Waals surface area (Å²) in [6, 6.07) is 4.52. The van der Waals surface area contributed by atoms with Gasteiger partial charge in [-0.1, -0.05) is 19.9 Å². The number of likely N-dealkylation sites (tertiary alicyclic amines) is 1. The number of pyridine rings is 1. The Labute approximate surface area is 201 Å². The predicted octanol–water partition coefficient (Wildman–Crippen LogP) is 2.21. The van der Waals surface area contributed by atoms with Gasteiger partial charge in [0.2, 0.25) is 5.91 Å². The number of carbonyl (C=O) groups excluding carboxylic acids is 2. The summed E-state index contributed by atoms with van der Waals surface area (Å²) >= 11 is 0. The quantitative estimate of drug-likeness (QED) is 0.217. The standard InChI is InChI=1S/C22H29F3N8O2/c1-21(2)7-8-33(20(21)35)18(27)16(12-28-3)32-19(34)15-5-4-6-17(31-15)30-11-14(9-26)10-29-13-22(23,24)25/h4-6,9,11-12,26-29H,7-8,10,13H2,1-3H3,(H,30,31)(H,32,34)/b14-11+,16-12+,26-9?,27-18?. The monoisotopic (exact) mass is 494 g/mol. The number of hydrogen-bond acceptors (Lipinski definition) is 8. The Morgan fingerprint density at radius 1 is 1.29 bits per heavy atom. The molecule has 0 aromatic carbocycles. The molecule has 1 aliphatic heterocycles. The Kier molecular flexibility index (Phi) is 9.12. The lowest BCUT2D eigenvalue weighted by atomic mass is 9.92. The third kappa shape index (κ3) is 7.91. The lowest BCUT2D eigenvalue weighted by molar-refractivity contribution is -0.131. The van der Waals surface area contributed by atoms with Crippen LogP contribution in [0.25, 0.3) is 0 Å². The third-order valence-corrected chi connectivity index (χ3v) is 5.07. The van der Waals surface area contributed by atoms with Gasteiger partial charge in [0.15, 0.2) is 5.84 Å². The van der Waals surface area contributed by atoms with Crippen LogP contribution in [0.4, 0.5) is 19.0 Å². The van der Waals surface area contributed by atoms with Crippen molar-refractivity contribution in [2.75, 3.05) is 32.0 Å². The second kappa shape index (κ2) is 11.6. The summed E-state index contributed by atoms with van der Waals surface area (Å²) in [5.74, 6) is -0.767. The number of halogens is 3. The molecule has 35 heavy (non-hydrogen) atoms. The molecular weight excluding hydrogens is 465 g/mol. The molecule has 2 rings (SSSR count). The van der Waals surface area contributed by atoms with Gasteiger partial charge >= 0.3 is 6.18 Å². The lowest BCUT2D eigenvalue weighted by Crippen LogP contribution is -2.41. The molecule has 1 aromatic heterocycles. The molecule has 0 unspecified atom stereocenters. The van der Waals surface area contributed by atoms with Gasteiger partial charge < -0.3 is 26.7 Å². The van der Waals surface area contributed by atoms with Crippen molar-refractivity contribution in [2.45, 2.75) is 26.4 Å². The molecule has 1 aromatic rings. The molecule has 0 atom stereocenters. The summed E-state index contributed by atoms with van der Waals surface area (Å²) in [6.45, 7) is 2.58. The van der Waals surface area contributed by atoms with Crippen LogP contribution in [0.3, 0.4) is 0 Å². The Bertz CT molecular complexity index is 1030. The highest BCUT2D eigenvalue weighted by Crippen LogP contribution is 2.31. The summed E-state index contributed by atoms with van der Waals surface area (Å²) in [4.78, 5) is 30.8. The minimum Gasteiger partial charge on any atom is -0.392 e. The number of rotatable bonds is 10. The van der Waals surface area contributed by atoms with Crippen LogP contribution in [-0.4, -0.2) is 66.6 Å². The van der Waals surface area contributed by atoms with Crippen LogP contribution < -0.4 is 21.3 Å². The van der Waals surface area contributed by atoms with Gasteiger partial charge in [-0.25, -0.2) is 4.98 Å². The van der Waals surface area contributed by atoms with Crippen molar-refractivity contribution in [1.82, 2.24) is 25.8 Å². The molecule has 0 aliphatic carbocycles. The van der Waals surface area contributed by atoms with Crippen LogP contribution in [0.2, 0.25) is 0 Å². The van der Waals surface area contributed by atoms with Crippen LogP contribution in [0.5, 0.6) is 0 Å². The predicted molar refractivity (Wildman–Crippen MR) is 126 cm³/mol. The van der Waals surface area contributed by atoms with Gasteiger partial charge in [-0.05, 0) is 24.1 Å². The number of nitrogens with zero attached hydrogens (tertiary/aromatic N) is 2. The third-order valence-electron chi connectivity index (χ3n) is 5.07. The minimum absolute atomic E-state index is 0.00196. The van der Waals surface area contributed by atoms with Gasteiger partial charge in [0.05, 0.1) is 12.2 Å². The molecule has 10 nitrogen and oxygen atoms in total. The number of hydrogen-bond donors (Lipinski definition) is 6. The number of aromatic nitrogens is 1. The zero-order valence-corrected chi connectivity index (χ0v) is 19.6. The van der Waals surface area contributed by atoms with Crippen molar-refractivity contribution < 1.29 is 22.8 Å². The lowest BCUT2D eigenvalue weighted by Gasteiger charge is -2.22. The number of amides is 2. The maximum absolute atomic E-state index is 12.8. The number of alkyl halides is 3. The van der Waals surface area contributed by atoms with E-state index >= 15 is 0 Å². The molecular formula is C22H29F3N8O2. The summed E-state index contributed by atoms with van der Waals surface area (Å²) in [7, 11) is 1.59. The zero-order chi connectivity index (χ0) is 26.2. The highest BCUT2D eigenvalue weighted by molar-refractivity contribution is 6.10. The van der Waals surface area contributed by atoms with Crippen LogP contribution in [-0.2, 0) is 4.79 Å². The van der Waals surface area contributed by atoms with Gasteiger partial charge in [0, 0.05) is 44.2 Å². The summed E-state index contributed by atoms with van der Waals surface area (Å²) in [6.07, 6.45) is -0.175. The molecule has 2 amide bonds. The topological polar surface area (TPSA) is 146 Å². The van der Waals surface area contributed by atoms with E-state index < -0.39 is 24.0 Å². The van der Waals surface area contributed by atoms with Crippen LogP contribution >= 0.6 is 0 Å². The van der Waals surface area contributed by atoms with Crippen LogP contribution in [0.15, 0.2) is 41.9 Å². The molecule has 0 radical (unpaired) electrons. The maximum Gasteiger partial charge on any atom is 0.401 e. The van der Waals surface area contributed by atoms with Gasteiger partial charge in [-0.2, -0.15) is 13.2 Å². The highest BCUT2D eigenvalue weighted by atomic mass is 19.4. The number of carbonyl (C=O) groups is 2. The summed E-state index contributed by atoms with van der Waals surface area (Å²) < 4.78 is 36.8. The van der Waals surface area contributed by atoms with E-state index in [1.54, 1.807) is 27.0 Å². The molecule has 1 aliphatic rings. The Morgan fingerprint density at radius 3 is 2.57 bits per heavy atom. The van der Waals surface area contributed by atoms with Gasteiger partial charge in [0.25, 0.3) is 5.91 Å². The van der Waals surface area contributed by atoms with Crippen LogP contribution in [0, 0.1) is 16.2 Å². The largest absolute Gasteiger partial charge is 0.401 e. The van der Waals surface area contributed by atoms with E-state index in [0.29, 0.717) is 13.0 Å². The fourth-order valence-electron chi connectivity index (χ4n) is 3.12. The number of nitrogens with one attached hydrogen (secondary N) is 6. The summed E-state index contributed by atoms with van der Waals surface area (Å²) in [5, 5.41) is 26.0. The first-order valence-corrected chi connectivity index (χ1v) is 10.7. The van der Waals surface area contributed by atoms with E-state index in [4.69, 9.17) is 10.8 Å². The maximum atomic E-state index is 12.8. The Morgan fingerprint density at radius 2 is 2.00 bits per heavy atom. The molecule has 190 valence electrons. The second-order valence-corrected chi connectivity index (χ2v) is 8.37. The Balaban J connectivity index is 2.08. The summed E-state index contributed by atoms with van der Waals surface area (Å²) in [5.41, 5.74) is -0.270. The fourth-order valence-corrected chi connectivity index (χ4v) is 3.12. The number of anilines is 1. The first-order valence-electron chi connectivity index (χ1n) is 10.7. The molecule has 13 heteroatoms. The fraction of sp³-hybridized carbons (Fsp3) is 0.409. The smallest absolute Gasteiger partial charge is 0.392 e. The van der Waals surface area contributed by atoms with E-state index in [2.05, 4.69) is 26.3 Å². The minimum atomic E-state index is -4.36. The Hall–Kier alpha value is -3.74. The highest BCUT2D eigenvalue weighted by Gasteiger charge is 2.41. The molecule has 2 heterocycles. The van der Waals surface area contributed by atoms with E-state index in [-0.39, 0.29) is 41.1 Å². The zero-order valence-electron chi connectivity index (χ0n) is 19.6. The van der Waals surface area contributed by atoms with Gasteiger partial charge in [-0.3, -0.25) is 19.9 Å².